The van der Waals surface area contributed by atoms with Gasteiger partial charge in [0.1, 0.15) is 0 Å². The number of hydrogen-bond acceptors (Lipinski definition) is 1. The monoisotopic (exact) mass is 270 g/mol. The highest BCUT2D eigenvalue weighted by Crippen LogP contribution is 2.32. The third-order valence-electron chi connectivity index (χ3n) is 3.11. The normalized spacial score (nSPS) is 17.1. The van der Waals surface area contributed by atoms with Gasteiger partial charge in [-0.2, -0.15) is 0 Å². The largest absolute Gasteiger partial charge is 0.385 e. The van der Waals surface area contributed by atoms with Gasteiger partial charge in [-0.05, 0) is 37.0 Å². The molecule has 0 aliphatic heterocycles. The molecule has 0 radical (unpaired) electrons. The topological polar surface area (TPSA) is 20.2 Å². The molecule has 0 saturated carbocycles. The molecule has 1 rings (SSSR count). The molecule has 1 aromatic carbocycles. The molecule has 0 heterocycles. The van der Waals surface area contributed by atoms with Gasteiger partial charge in [-0.15, -0.1) is 0 Å². The molecule has 0 aliphatic rings. The third kappa shape index (κ3) is 3.05. The van der Waals surface area contributed by atoms with E-state index in [2.05, 4.69) is 29.8 Å². The van der Waals surface area contributed by atoms with Crippen LogP contribution in [0.25, 0.3) is 0 Å². The van der Waals surface area contributed by atoms with E-state index >= 15 is 0 Å². The predicted molar refractivity (Wildman–Crippen MR) is 67.8 cm³/mol. The maximum Gasteiger partial charge on any atom is 0.0893 e. The quantitative estimate of drug-likeness (QED) is 0.874. The lowest BCUT2D eigenvalue weighted by Gasteiger charge is -2.30. The number of rotatable bonds is 4. The van der Waals surface area contributed by atoms with Crippen molar-refractivity contribution < 1.29 is 5.11 Å². The van der Waals surface area contributed by atoms with Gasteiger partial charge in [0, 0.05) is 4.47 Å². The zero-order valence-corrected chi connectivity index (χ0v) is 11.2. The molecule has 84 valence electrons. The Balaban J connectivity index is 2.89. The van der Waals surface area contributed by atoms with Crippen LogP contribution < -0.4 is 0 Å². The molecule has 0 amide bonds. The van der Waals surface area contributed by atoms with Crippen molar-refractivity contribution in [2.24, 2.45) is 5.92 Å². The highest BCUT2D eigenvalue weighted by atomic mass is 79.9. The lowest BCUT2D eigenvalue weighted by Crippen LogP contribution is -2.29. The lowest BCUT2D eigenvalue weighted by atomic mass is 9.82. The molecule has 1 nitrogen and oxygen atoms in total. The van der Waals surface area contributed by atoms with Crippen molar-refractivity contribution >= 4 is 15.9 Å². The van der Waals surface area contributed by atoms with E-state index in [1.54, 1.807) is 0 Å². The Hall–Kier alpha value is -0.340. The molecular formula is C13H19BrO. The second kappa shape index (κ2) is 5.13. The Kier molecular flexibility index (Phi) is 4.35. The van der Waals surface area contributed by atoms with Gasteiger partial charge in [0.05, 0.1) is 5.60 Å². The van der Waals surface area contributed by atoms with Crippen LogP contribution in [0.15, 0.2) is 28.7 Å². The van der Waals surface area contributed by atoms with Crippen molar-refractivity contribution in [3.63, 3.8) is 0 Å². The molecule has 2 heteroatoms. The predicted octanol–water partition coefficient (Wildman–Crippen LogP) is 4.09. The Bertz CT molecular complexity index is 303. The summed E-state index contributed by atoms with van der Waals surface area (Å²) in [5, 5.41) is 10.5. The van der Waals surface area contributed by atoms with Crippen molar-refractivity contribution in [3.8, 4) is 0 Å². The number of aliphatic hydroxyl groups is 1. The molecule has 15 heavy (non-hydrogen) atoms. The van der Waals surface area contributed by atoms with E-state index in [0.717, 1.165) is 22.9 Å². The van der Waals surface area contributed by atoms with E-state index < -0.39 is 5.60 Å². The van der Waals surface area contributed by atoms with Gasteiger partial charge in [-0.3, -0.25) is 0 Å². The van der Waals surface area contributed by atoms with Crippen LogP contribution in [0, 0.1) is 5.92 Å². The maximum atomic E-state index is 10.5. The molecule has 0 aromatic heterocycles. The van der Waals surface area contributed by atoms with Gasteiger partial charge in [-0.25, -0.2) is 0 Å². The molecule has 0 spiro atoms. The van der Waals surface area contributed by atoms with Gasteiger partial charge in [0.15, 0.2) is 0 Å². The van der Waals surface area contributed by atoms with Gasteiger partial charge in [-0.1, -0.05) is 48.3 Å². The van der Waals surface area contributed by atoms with E-state index in [9.17, 15) is 5.11 Å². The van der Waals surface area contributed by atoms with Gasteiger partial charge < -0.3 is 5.11 Å². The van der Waals surface area contributed by atoms with Crippen LogP contribution in [-0.4, -0.2) is 5.11 Å². The van der Waals surface area contributed by atoms with Crippen LogP contribution in [-0.2, 0) is 5.60 Å². The molecule has 2 atom stereocenters. The molecule has 0 fully saturated rings. The van der Waals surface area contributed by atoms with Gasteiger partial charge in [0.2, 0.25) is 0 Å². The highest BCUT2D eigenvalue weighted by molar-refractivity contribution is 9.10. The lowest BCUT2D eigenvalue weighted by molar-refractivity contribution is -0.00220. The minimum Gasteiger partial charge on any atom is -0.385 e. The smallest absolute Gasteiger partial charge is 0.0893 e. The first-order valence-electron chi connectivity index (χ1n) is 5.47. The van der Waals surface area contributed by atoms with E-state index in [0.29, 0.717) is 0 Å². The molecule has 0 bridgehead atoms. The fourth-order valence-corrected chi connectivity index (χ4v) is 2.05. The van der Waals surface area contributed by atoms with Crippen LogP contribution in [0.5, 0.6) is 0 Å². The summed E-state index contributed by atoms with van der Waals surface area (Å²) >= 11 is 3.40. The van der Waals surface area contributed by atoms with Crippen molar-refractivity contribution in [3.05, 3.63) is 34.3 Å². The molecular weight excluding hydrogens is 252 g/mol. The van der Waals surface area contributed by atoms with Crippen molar-refractivity contribution in [2.75, 3.05) is 0 Å². The van der Waals surface area contributed by atoms with Crippen LogP contribution in [0.1, 0.15) is 39.2 Å². The van der Waals surface area contributed by atoms with E-state index in [1.165, 1.54) is 0 Å². The minimum atomic E-state index is -0.725. The van der Waals surface area contributed by atoms with Gasteiger partial charge in [0.25, 0.3) is 0 Å². The Morgan fingerprint density at radius 2 is 1.87 bits per heavy atom. The molecule has 0 aliphatic carbocycles. The zero-order valence-electron chi connectivity index (χ0n) is 9.63. The highest BCUT2D eigenvalue weighted by Gasteiger charge is 2.29. The van der Waals surface area contributed by atoms with Crippen LogP contribution >= 0.6 is 15.9 Å². The Morgan fingerprint density at radius 3 is 2.33 bits per heavy atom. The standard InChI is InChI=1S/C13H19BrO/c1-4-5-10(2)13(3,15)11-6-8-12(14)9-7-11/h6-10,15H,4-5H2,1-3H3. The van der Waals surface area contributed by atoms with Crippen molar-refractivity contribution in [1.29, 1.82) is 0 Å². The SMILES string of the molecule is CCCC(C)C(C)(O)c1ccc(Br)cc1. The molecule has 0 saturated heterocycles. The summed E-state index contributed by atoms with van der Waals surface area (Å²) in [4.78, 5) is 0. The summed E-state index contributed by atoms with van der Waals surface area (Å²) in [6.07, 6.45) is 2.15. The van der Waals surface area contributed by atoms with E-state index in [4.69, 9.17) is 0 Å². The molecule has 1 N–H and O–H groups in total. The summed E-state index contributed by atoms with van der Waals surface area (Å²) < 4.78 is 1.05. The van der Waals surface area contributed by atoms with Crippen LogP contribution in [0.4, 0.5) is 0 Å². The second-order valence-corrected chi connectivity index (χ2v) is 5.26. The number of hydrogen-bond donors (Lipinski definition) is 1. The molecule has 2 unspecified atom stereocenters. The van der Waals surface area contributed by atoms with Crippen LogP contribution in [0.2, 0.25) is 0 Å². The molecule has 1 aromatic rings. The average molecular weight is 271 g/mol. The van der Waals surface area contributed by atoms with E-state index in [-0.39, 0.29) is 5.92 Å². The number of halogens is 1. The Morgan fingerprint density at radius 1 is 1.33 bits per heavy atom. The maximum absolute atomic E-state index is 10.5. The Labute approximate surface area is 101 Å². The van der Waals surface area contributed by atoms with Crippen molar-refractivity contribution in [1.82, 2.24) is 0 Å². The average Bonchev–Trinajstić information content (AvgIpc) is 2.18. The summed E-state index contributed by atoms with van der Waals surface area (Å²) in [6, 6.07) is 7.91. The summed E-state index contributed by atoms with van der Waals surface area (Å²) in [6.45, 7) is 6.15. The fourth-order valence-electron chi connectivity index (χ4n) is 1.79. The van der Waals surface area contributed by atoms with Crippen LogP contribution in [0.3, 0.4) is 0 Å². The first-order valence-corrected chi connectivity index (χ1v) is 6.26. The minimum absolute atomic E-state index is 0.281. The second-order valence-electron chi connectivity index (χ2n) is 4.34. The first-order chi connectivity index (χ1) is 6.98. The van der Waals surface area contributed by atoms with E-state index in [1.807, 2.05) is 31.2 Å². The number of benzene rings is 1. The summed E-state index contributed by atoms with van der Waals surface area (Å²) in [5.74, 6) is 0.281. The summed E-state index contributed by atoms with van der Waals surface area (Å²) in [7, 11) is 0. The van der Waals surface area contributed by atoms with Crippen molar-refractivity contribution in [2.45, 2.75) is 39.2 Å². The zero-order chi connectivity index (χ0) is 11.5. The fraction of sp³-hybridized carbons (Fsp3) is 0.538. The van der Waals surface area contributed by atoms with Gasteiger partial charge >= 0.3 is 0 Å². The third-order valence-corrected chi connectivity index (χ3v) is 3.64. The summed E-state index contributed by atoms with van der Waals surface area (Å²) in [5.41, 5.74) is 0.267. The first kappa shape index (κ1) is 12.7.